The van der Waals surface area contributed by atoms with E-state index >= 15 is 0 Å². The Morgan fingerprint density at radius 2 is 1.71 bits per heavy atom. The largest absolute Gasteiger partial charge is 0.304 e. The third-order valence-electron chi connectivity index (χ3n) is 2.49. The summed E-state index contributed by atoms with van der Waals surface area (Å²) in [6.45, 7) is 7.45. The zero-order valence-corrected chi connectivity index (χ0v) is 9.91. The molecule has 0 amide bonds. The predicted molar refractivity (Wildman–Crippen MR) is 63.1 cm³/mol. The molecule has 1 nitrogen and oxygen atoms in total. The molecular formula is C12H18ClN. The molecule has 0 unspecified atom stereocenters. The zero-order chi connectivity index (χ0) is 10.6. The van der Waals surface area contributed by atoms with Gasteiger partial charge >= 0.3 is 0 Å². The van der Waals surface area contributed by atoms with Gasteiger partial charge in [0.15, 0.2) is 0 Å². The quantitative estimate of drug-likeness (QED) is 0.459. The molecule has 0 saturated carbocycles. The Morgan fingerprint density at radius 1 is 1.14 bits per heavy atom. The number of nitrogens with one attached hydrogen (secondary N) is 1. The number of benzene rings is 1. The molecule has 1 rings (SSSR count). The molecule has 78 valence electrons. The SMILES string of the molecule is Cc1cc(C)c(CCNCCl)c(C)c1. The van der Waals surface area contributed by atoms with Crippen LogP contribution in [0.5, 0.6) is 0 Å². The lowest BCUT2D eigenvalue weighted by molar-refractivity contribution is 0.765. The smallest absolute Gasteiger partial charge is 0.0713 e. The van der Waals surface area contributed by atoms with Crippen molar-refractivity contribution < 1.29 is 0 Å². The summed E-state index contributed by atoms with van der Waals surface area (Å²) in [5.41, 5.74) is 5.57. The van der Waals surface area contributed by atoms with Crippen LogP contribution in [0.1, 0.15) is 22.3 Å². The van der Waals surface area contributed by atoms with Crippen molar-refractivity contribution in [3.8, 4) is 0 Å². The maximum atomic E-state index is 5.56. The summed E-state index contributed by atoms with van der Waals surface area (Å²) < 4.78 is 0. The van der Waals surface area contributed by atoms with E-state index in [9.17, 15) is 0 Å². The fourth-order valence-electron chi connectivity index (χ4n) is 1.88. The lowest BCUT2D eigenvalue weighted by atomic mass is 9.97. The highest BCUT2D eigenvalue weighted by Crippen LogP contribution is 2.16. The Balaban J connectivity index is 2.75. The third-order valence-corrected chi connectivity index (χ3v) is 2.68. The van der Waals surface area contributed by atoms with Gasteiger partial charge in [-0.25, -0.2) is 0 Å². The van der Waals surface area contributed by atoms with Gasteiger partial charge in [-0.3, -0.25) is 0 Å². The number of alkyl halides is 1. The Labute approximate surface area is 91.5 Å². The summed E-state index contributed by atoms with van der Waals surface area (Å²) in [5.74, 6) is 0. The van der Waals surface area contributed by atoms with Gasteiger partial charge in [-0.15, -0.1) is 11.6 Å². The van der Waals surface area contributed by atoms with Crippen LogP contribution in [-0.2, 0) is 6.42 Å². The van der Waals surface area contributed by atoms with Crippen LogP contribution in [0.2, 0.25) is 0 Å². The van der Waals surface area contributed by atoms with Crippen molar-refractivity contribution in [2.45, 2.75) is 27.2 Å². The fraction of sp³-hybridized carbons (Fsp3) is 0.500. The summed E-state index contributed by atoms with van der Waals surface area (Å²) >= 11 is 5.56. The van der Waals surface area contributed by atoms with Crippen molar-refractivity contribution in [1.29, 1.82) is 0 Å². The topological polar surface area (TPSA) is 12.0 Å². The molecule has 14 heavy (non-hydrogen) atoms. The van der Waals surface area contributed by atoms with Gasteiger partial charge in [0.05, 0.1) is 6.00 Å². The molecule has 0 aromatic heterocycles. The van der Waals surface area contributed by atoms with E-state index in [4.69, 9.17) is 11.6 Å². The predicted octanol–water partition coefficient (Wildman–Crippen LogP) is 2.94. The van der Waals surface area contributed by atoms with Crippen molar-refractivity contribution in [2.75, 3.05) is 12.5 Å². The Bertz CT molecular complexity index is 284. The monoisotopic (exact) mass is 211 g/mol. The van der Waals surface area contributed by atoms with Crippen LogP contribution in [-0.4, -0.2) is 12.5 Å². The molecule has 0 aliphatic heterocycles. The molecule has 0 saturated heterocycles. The minimum atomic E-state index is 0.532. The van der Waals surface area contributed by atoms with Gasteiger partial charge in [0.2, 0.25) is 0 Å². The van der Waals surface area contributed by atoms with E-state index < -0.39 is 0 Å². The van der Waals surface area contributed by atoms with Crippen LogP contribution in [0.4, 0.5) is 0 Å². The van der Waals surface area contributed by atoms with Crippen molar-refractivity contribution in [3.63, 3.8) is 0 Å². The molecule has 0 radical (unpaired) electrons. The van der Waals surface area contributed by atoms with Crippen LogP contribution in [0.25, 0.3) is 0 Å². The van der Waals surface area contributed by atoms with Crippen molar-refractivity contribution in [1.82, 2.24) is 5.32 Å². The van der Waals surface area contributed by atoms with Crippen molar-refractivity contribution in [2.24, 2.45) is 0 Å². The van der Waals surface area contributed by atoms with E-state index in [0.717, 1.165) is 13.0 Å². The zero-order valence-electron chi connectivity index (χ0n) is 9.15. The van der Waals surface area contributed by atoms with Crippen LogP contribution < -0.4 is 5.32 Å². The second kappa shape index (κ2) is 5.38. The fourth-order valence-corrected chi connectivity index (χ4v) is 2.02. The number of hydrogen-bond donors (Lipinski definition) is 1. The van der Waals surface area contributed by atoms with Crippen LogP contribution in [0.3, 0.4) is 0 Å². The first kappa shape index (κ1) is 11.5. The Hall–Kier alpha value is -0.530. The summed E-state index contributed by atoms with van der Waals surface area (Å²) in [7, 11) is 0. The molecular weight excluding hydrogens is 194 g/mol. The number of hydrogen-bond acceptors (Lipinski definition) is 1. The Morgan fingerprint density at radius 3 is 2.21 bits per heavy atom. The summed E-state index contributed by atoms with van der Waals surface area (Å²) in [4.78, 5) is 0. The summed E-state index contributed by atoms with van der Waals surface area (Å²) in [6.07, 6.45) is 1.06. The second-order valence-corrected chi connectivity index (χ2v) is 4.03. The second-order valence-electron chi connectivity index (χ2n) is 3.76. The molecule has 0 heterocycles. The van der Waals surface area contributed by atoms with Gasteiger partial charge in [-0.1, -0.05) is 17.7 Å². The van der Waals surface area contributed by atoms with E-state index in [1.807, 2.05) is 0 Å². The minimum Gasteiger partial charge on any atom is -0.304 e. The van der Waals surface area contributed by atoms with E-state index in [0.29, 0.717) is 6.00 Å². The average Bonchev–Trinajstić information content (AvgIpc) is 2.09. The maximum Gasteiger partial charge on any atom is 0.0713 e. The Kier molecular flexibility index (Phi) is 4.43. The normalized spacial score (nSPS) is 10.6. The van der Waals surface area contributed by atoms with Gasteiger partial charge in [-0.05, 0) is 43.9 Å². The van der Waals surface area contributed by atoms with E-state index in [2.05, 4.69) is 38.2 Å². The van der Waals surface area contributed by atoms with Crippen LogP contribution >= 0.6 is 11.6 Å². The van der Waals surface area contributed by atoms with Gasteiger partial charge in [0, 0.05) is 6.54 Å². The molecule has 1 N–H and O–H groups in total. The molecule has 0 atom stereocenters. The minimum absolute atomic E-state index is 0.532. The van der Waals surface area contributed by atoms with E-state index in [1.165, 1.54) is 22.3 Å². The molecule has 1 aromatic rings. The van der Waals surface area contributed by atoms with Crippen LogP contribution in [0.15, 0.2) is 12.1 Å². The van der Waals surface area contributed by atoms with Crippen LogP contribution in [0, 0.1) is 20.8 Å². The van der Waals surface area contributed by atoms with Crippen molar-refractivity contribution >= 4 is 11.6 Å². The molecule has 0 aliphatic carbocycles. The lowest BCUT2D eigenvalue weighted by Gasteiger charge is -2.11. The summed E-state index contributed by atoms with van der Waals surface area (Å²) in [5, 5.41) is 3.13. The highest BCUT2D eigenvalue weighted by molar-refractivity contribution is 6.17. The molecule has 1 aromatic carbocycles. The highest BCUT2D eigenvalue weighted by atomic mass is 35.5. The summed E-state index contributed by atoms with van der Waals surface area (Å²) in [6, 6.07) is 5.01. The van der Waals surface area contributed by atoms with Gasteiger partial charge in [0.1, 0.15) is 0 Å². The van der Waals surface area contributed by atoms with E-state index in [-0.39, 0.29) is 0 Å². The molecule has 2 heteroatoms. The number of rotatable bonds is 4. The lowest BCUT2D eigenvalue weighted by Crippen LogP contribution is -2.15. The molecule has 0 spiro atoms. The van der Waals surface area contributed by atoms with Gasteiger partial charge in [0.25, 0.3) is 0 Å². The molecule has 0 bridgehead atoms. The molecule has 0 fully saturated rings. The van der Waals surface area contributed by atoms with Crippen molar-refractivity contribution in [3.05, 3.63) is 34.4 Å². The van der Waals surface area contributed by atoms with Gasteiger partial charge < -0.3 is 5.32 Å². The number of aryl methyl sites for hydroxylation is 3. The highest BCUT2D eigenvalue weighted by Gasteiger charge is 2.02. The first-order valence-electron chi connectivity index (χ1n) is 4.98. The number of halogens is 1. The van der Waals surface area contributed by atoms with E-state index in [1.54, 1.807) is 0 Å². The first-order valence-corrected chi connectivity index (χ1v) is 5.52. The maximum absolute atomic E-state index is 5.56. The average molecular weight is 212 g/mol. The third kappa shape index (κ3) is 3.00. The van der Waals surface area contributed by atoms with Gasteiger partial charge in [-0.2, -0.15) is 0 Å². The molecule has 0 aliphatic rings. The first-order chi connectivity index (χ1) is 6.65. The standard InChI is InChI=1S/C12H18ClN/c1-9-6-10(2)12(11(3)7-9)4-5-14-8-13/h6-7,14H,4-5,8H2,1-3H3.